The number of hydrogen-bond acceptors (Lipinski definition) is 6. The third-order valence-corrected chi connectivity index (χ3v) is 5.62. The summed E-state index contributed by atoms with van der Waals surface area (Å²) in [6.07, 6.45) is -1.03. The summed E-state index contributed by atoms with van der Waals surface area (Å²) in [4.78, 5) is 29.1. The zero-order valence-corrected chi connectivity index (χ0v) is 16.8. The number of ether oxygens (including phenoxy) is 1. The van der Waals surface area contributed by atoms with Crippen LogP contribution in [0.2, 0.25) is 0 Å². The fourth-order valence-electron chi connectivity index (χ4n) is 2.26. The van der Waals surface area contributed by atoms with Crippen molar-refractivity contribution in [1.29, 1.82) is 0 Å². The van der Waals surface area contributed by atoms with Crippen molar-refractivity contribution in [2.75, 3.05) is 19.5 Å². The molecule has 8 nitrogen and oxygen atoms in total. The van der Waals surface area contributed by atoms with Gasteiger partial charge in [0.05, 0.1) is 17.6 Å². The maximum absolute atomic E-state index is 12.2. The predicted molar refractivity (Wildman–Crippen MR) is 103 cm³/mol. The Hall–Kier alpha value is -2.75. The molecule has 9 heteroatoms. The van der Waals surface area contributed by atoms with Gasteiger partial charge in [0.1, 0.15) is 0 Å². The van der Waals surface area contributed by atoms with Gasteiger partial charge < -0.3 is 10.1 Å². The van der Waals surface area contributed by atoms with Crippen LogP contribution in [0.5, 0.6) is 0 Å². The Morgan fingerprint density at radius 3 is 2.32 bits per heavy atom. The Morgan fingerprint density at radius 2 is 1.75 bits per heavy atom. The third kappa shape index (κ3) is 5.16. The Balaban J connectivity index is 2.03. The fraction of sp³-hybridized carbons (Fsp3) is 0.263. The molecule has 1 amide bonds. The summed E-state index contributed by atoms with van der Waals surface area (Å²) in [5, 5.41) is 2.67. The second-order valence-corrected chi connectivity index (χ2v) is 7.96. The summed E-state index contributed by atoms with van der Waals surface area (Å²) in [6.45, 7) is 3.35. The second kappa shape index (κ2) is 8.96. The van der Waals surface area contributed by atoms with Crippen LogP contribution >= 0.6 is 0 Å². The molecule has 0 aliphatic rings. The highest BCUT2D eigenvalue weighted by molar-refractivity contribution is 7.89. The number of carbonyl (C=O) groups is 2. The predicted octanol–water partition coefficient (Wildman–Crippen LogP) is 2.36. The Labute approximate surface area is 164 Å². The molecule has 1 atom stereocenters. The first-order valence-electron chi connectivity index (χ1n) is 8.36. The van der Waals surface area contributed by atoms with Crippen LogP contribution in [0.3, 0.4) is 0 Å². The van der Waals surface area contributed by atoms with E-state index in [1.165, 1.54) is 45.3 Å². The van der Waals surface area contributed by atoms with E-state index in [1.54, 1.807) is 18.2 Å². The van der Waals surface area contributed by atoms with Crippen LogP contribution < -0.4 is 5.32 Å². The number of aryl methyl sites for hydroxylation is 1. The van der Waals surface area contributed by atoms with Crippen molar-refractivity contribution in [1.82, 2.24) is 4.47 Å². The molecule has 0 unspecified atom stereocenters. The molecule has 2 aromatic carbocycles. The molecule has 0 heterocycles. The maximum Gasteiger partial charge on any atom is 0.338 e. The number of rotatable bonds is 7. The second-order valence-electron chi connectivity index (χ2n) is 6.03. The minimum atomic E-state index is -3.81. The van der Waals surface area contributed by atoms with E-state index in [0.717, 1.165) is 5.56 Å². The van der Waals surface area contributed by atoms with Gasteiger partial charge in [-0.25, -0.2) is 13.2 Å². The first kappa shape index (κ1) is 21.5. The normalized spacial score (nSPS) is 12.5. The third-order valence-electron chi connectivity index (χ3n) is 3.92. The molecule has 0 fully saturated rings. The lowest BCUT2D eigenvalue weighted by molar-refractivity contribution is -0.123. The summed E-state index contributed by atoms with van der Waals surface area (Å²) in [5.41, 5.74) is 1.70. The van der Waals surface area contributed by atoms with Gasteiger partial charge in [0, 0.05) is 12.7 Å². The van der Waals surface area contributed by atoms with Crippen LogP contribution in [0.1, 0.15) is 22.8 Å². The van der Waals surface area contributed by atoms with Gasteiger partial charge in [-0.05, 0) is 55.8 Å². The lowest BCUT2D eigenvalue weighted by Gasteiger charge is -2.15. The summed E-state index contributed by atoms with van der Waals surface area (Å²) in [5.74, 6) is -1.21. The van der Waals surface area contributed by atoms with Crippen LogP contribution in [0.25, 0.3) is 0 Å². The van der Waals surface area contributed by atoms with Crippen molar-refractivity contribution in [3.05, 3.63) is 59.7 Å². The molecule has 0 bridgehead atoms. The van der Waals surface area contributed by atoms with Crippen molar-refractivity contribution < 1.29 is 27.6 Å². The number of hydroxylamine groups is 1. The smallest absolute Gasteiger partial charge is 0.338 e. The number of hydrogen-bond donors (Lipinski definition) is 1. The molecule has 0 aliphatic heterocycles. The summed E-state index contributed by atoms with van der Waals surface area (Å²) in [7, 11) is -1.33. The molecule has 1 N–H and O–H groups in total. The van der Waals surface area contributed by atoms with Crippen molar-refractivity contribution in [3.63, 3.8) is 0 Å². The molecule has 0 spiro atoms. The van der Waals surface area contributed by atoms with Gasteiger partial charge in [-0.15, -0.1) is 0 Å². The van der Waals surface area contributed by atoms with Gasteiger partial charge in [-0.3, -0.25) is 9.63 Å². The Bertz CT molecular complexity index is 957. The van der Waals surface area contributed by atoms with Gasteiger partial charge in [-0.2, -0.15) is 0 Å². The van der Waals surface area contributed by atoms with Crippen molar-refractivity contribution >= 4 is 27.6 Å². The average molecular weight is 406 g/mol. The molecule has 0 radical (unpaired) electrons. The summed E-state index contributed by atoms with van der Waals surface area (Å²) in [6, 6.07) is 12.4. The van der Waals surface area contributed by atoms with Crippen molar-refractivity contribution in [2.24, 2.45) is 0 Å². The summed E-state index contributed by atoms with van der Waals surface area (Å²) >= 11 is 0. The quantitative estimate of drug-likeness (QED) is 0.559. The molecule has 2 rings (SSSR count). The number of benzene rings is 2. The van der Waals surface area contributed by atoms with E-state index in [2.05, 4.69) is 5.32 Å². The largest absolute Gasteiger partial charge is 0.449 e. The fourth-order valence-corrected chi connectivity index (χ4v) is 3.23. The Morgan fingerprint density at radius 1 is 1.11 bits per heavy atom. The van der Waals surface area contributed by atoms with Crippen LogP contribution in [-0.2, 0) is 24.4 Å². The highest BCUT2D eigenvalue weighted by atomic mass is 32.2. The minimum absolute atomic E-state index is 0.0429. The van der Waals surface area contributed by atoms with Crippen LogP contribution in [0.15, 0.2) is 53.4 Å². The SMILES string of the molecule is CON(C)S(=O)(=O)c1ccc(C(=O)O[C@H](C)C(=O)Nc2cccc(C)c2)cc1. The topological polar surface area (TPSA) is 102 Å². The van der Waals surface area contributed by atoms with Gasteiger partial charge in [-0.1, -0.05) is 16.6 Å². The highest BCUT2D eigenvalue weighted by Gasteiger charge is 2.22. The van der Waals surface area contributed by atoms with Crippen molar-refractivity contribution in [3.8, 4) is 0 Å². The lowest BCUT2D eigenvalue weighted by Crippen LogP contribution is -2.30. The number of nitrogens with zero attached hydrogens (tertiary/aromatic N) is 1. The van der Waals surface area contributed by atoms with E-state index >= 15 is 0 Å². The number of amides is 1. The molecule has 0 aliphatic carbocycles. The molecule has 0 aromatic heterocycles. The number of anilines is 1. The first-order chi connectivity index (χ1) is 13.1. The average Bonchev–Trinajstić information content (AvgIpc) is 2.67. The van der Waals surface area contributed by atoms with E-state index in [-0.39, 0.29) is 10.5 Å². The Kier molecular flexibility index (Phi) is 6.90. The number of carbonyl (C=O) groups excluding carboxylic acids is 2. The van der Waals surface area contributed by atoms with Gasteiger partial charge >= 0.3 is 5.97 Å². The molecule has 2 aromatic rings. The minimum Gasteiger partial charge on any atom is -0.449 e. The lowest BCUT2D eigenvalue weighted by atomic mass is 10.2. The zero-order chi connectivity index (χ0) is 20.9. The van der Waals surface area contributed by atoms with Gasteiger partial charge in [0.15, 0.2) is 6.10 Å². The first-order valence-corrected chi connectivity index (χ1v) is 9.80. The van der Waals surface area contributed by atoms with Crippen LogP contribution in [0.4, 0.5) is 5.69 Å². The monoisotopic (exact) mass is 406 g/mol. The molecule has 0 saturated heterocycles. The summed E-state index contributed by atoms with van der Waals surface area (Å²) < 4.78 is 30.1. The molecule has 28 heavy (non-hydrogen) atoms. The molecule has 0 saturated carbocycles. The van der Waals surface area contributed by atoms with Gasteiger partial charge in [0.25, 0.3) is 15.9 Å². The molecule has 150 valence electrons. The van der Waals surface area contributed by atoms with Crippen LogP contribution in [-0.4, -0.2) is 45.0 Å². The molecular weight excluding hydrogens is 384 g/mol. The van der Waals surface area contributed by atoms with Crippen LogP contribution in [0, 0.1) is 6.92 Å². The standard InChI is InChI=1S/C19H22N2O6S/c1-13-6-5-7-16(12-13)20-18(22)14(2)27-19(23)15-8-10-17(11-9-15)28(24,25)21(3)26-4/h5-12,14H,1-4H3,(H,20,22)/t14-/m1/s1. The van der Waals surface area contributed by atoms with E-state index in [4.69, 9.17) is 9.57 Å². The van der Waals surface area contributed by atoms with E-state index in [1.807, 2.05) is 13.0 Å². The van der Waals surface area contributed by atoms with E-state index in [0.29, 0.717) is 10.2 Å². The zero-order valence-electron chi connectivity index (χ0n) is 16.0. The maximum atomic E-state index is 12.2. The van der Waals surface area contributed by atoms with E-state index in [9.17, 15) is 18.0 Å². The van der Waals surface area contributed by atoms with Crippen molar-refractivity contribution in [2.45, 2.75) is 24.8 Å². The molecular formula is C19H22N2O6S. The highest BCUT2D eigenvalue weighted by Crippen LogP contribution is 2.16. The van der Waals surface area contributed by atoms with Gasteiger partial charge in [0.2, 0.25) is 0 Å². The number of esters is 1. The number of nitrogens with one attached hydrogen (secondary N) is 1. The number of sulfonamides is 1. The van der Waals surface area contributed by atoms with E-state index < -0.39 is 28.0 Å².